The number of carbonyl (C=O) groups excluding carboxylic acids is 1. The minimum atomic E-state index is -1.87. The molecule has 0 aromatic rings. The lowest BCUT2D eigenvalue weighted by molar-refractivity contribution is -0.448. The first kappa shape index (κ1) is 16.4. The molecule has 1 unspecified atom stereocenters. The summed E-state index contributed by atoms with van der Waals surface area (Å²) in [5, 5.41) is 34.0. The van der Waals surface area contributed by atoms with Gasteiger partial charge in [-0.05, 0) is 54.9 Å². The van der Waals surface area contributed by atoms with Crippen molar-refractivity contribution in [1.82, 2.24) is 0 Å². The van der Waals surface area contributed by atoms with Crippen LogP contribution in [-0.4, -0.2) is 45.7 Å². The Labute approximate surface area is 148 Å². The number of ketones is 1. The third kappa shape index (κ3) is 1.44. The normalized spacial score (nSPS) is 58.8. The van der Waals surface area contributed by atoms with Crippen LogP contribution in [-0.2, 0) is 9.53 Å². The zero-order chi connectivity index (χ0) is 18.0. The third-order valence-electron chi connectivity index (χ3n) is 8.81. The van der Waals surface area contributed by atoms with Crippen LogP contribution in [0.2, 0.25) is 0 Å². The minimum absolute atomic E-state index is 0.0616. The molecule has 0 aromatic carbocycles. The van der Waals surface area contributed by atoms with Crippen LogP contribution >= 0.6 is 0 Å². The average molecular weight is 348 g/mol. The summed E-state index contributed by atoms with van der Waals surface area (Å²) in [6, 6.07) is 0. The van der Waals surface area contributed by atoms with Crippen LogP contribution in [0.5, 0.6) is 0 Å². The van der Waals surface area contributed by atoms with Crippen LogP contribution < -0.4 is 0 Å². The van der Waals surface area contributed by atoms with E-state index in [2.05, 4.69) is 20.4 Å². The van der Waals surface area contributed by atoms with E-state index in [1.807, 2.05) is 0 Å². The predicted octanol–water partition coefficient (Wildman–Crippen LogP) is 1.40. The van der Waals surface area contributed by atoms with Gasteiger partial charge >= 0.3 is 0 Å². The molecule has 8 atom stereocenters. The molecule has 4 aliphatic carbocycles. The van der Waals surface area contributed by atoms with Gasteiger partial charge in [0.05, 0.1) is 18.1 Å². The molecule has 5 nitrogen and oxygen atoms in total. The van der Waals surface area contributed by atoms with Crippen molar-refractivity contribution in [2.75, 3.05) is 6.61 Å². The van der Waals surface area contributed by atoms with Crippen LogP contribution in [0.3, 0.4) is 0 Å². The smallest absolute Gasteiger partial charge is 0.205 e. The van der Waals surface area contributed by atoms with Crippen molar-refractivity contribution in [2.45, 2.75) is 63.9 Å². The maximum atomic E-state index is 13.3. The fraction of sp³-hybridized carbons (Fsp3) is 0.850. The topological polar surface area (TPSA) is 87.0 Å². The van der Waals surface area contributed by atoms with E-state index >= 15 is 0 Å². The molecule has 2 aliphatic heterocycles. The number of carbonyl (C=O) groups is 1. The van der Waals surface area contributed by atoms with Gasteiger partial charge in [0.1, 0.15) is 6.10 Å². The van der Waals surface area contributed by atoms with Crippen molar-refractivity contribution in [2.24, 2.45) is 34.0 Å². The van der Waals surface area contributed by atoms with E-state index in [9.17, 15) is 20.1 Å². The summed E-state index contributed by atoms with van der Waals surface area (Å²) in [6.07, 6.45) is 1.77. The molecule has 0 radical (unpaired) electrons. The maximum Gasteiger partial charge on any atom is 0.205 e. The van der Waals surface area contributed by atoms with E-state index in [-0.39, 0.29) is 35.6 Å². The molecule has 6 rings (SSSR count). The van der Waals surface area contributed by atoms with Crippen molar-refractivity contribution in [3.8, 4) is 0 Å². The Morgan fingerprint density at radius 3 is 2.64 bits per heavy atom. The second-order valence-corrected chi connectivity index (χ2v) is 9.92. The van der Waals surface area contributed by atoms with Gasteiger partial charge in [-0.3, -0.25) is 4.79 Å². The fourth-order valence-corrected chi connectivity index (χ4v) is 7.82. The van der Waals surface area contributed by atoms with E-state index in [4.69, 9.17) is 4.74 Å². The Bertz CT molecular complexity index is 686. The van der Waals surface area contributed by atoms with Crippen molar-refractivity contribution in [1.29, 1.82) is 0 Å². The Hall–Kier alpha value is -0.750. The first-order valence-corrected chi connectivity index (χ1v) is 9.59. The molecule has 5 heteroatoms. The zero-order valence-corrected chi connectivity index (χ0v) is 15.0. The Balaban J connectivity index is 1.79. The Morgan fingerprint density at radius 2 is 1.92 bits per heavy atom. The molecule has 6 fully saturated rings. The zero-order valence-electron chi connectivity index (χ0n) is 15.0. The number of hydrogen-bond donors (Lipinski definition) is 3. The molecular formula is C20H28O5. The lowest BCUT2D eigenvalue weighted by Crippen LogP contribution is -2.83. The van der Waals surface area contributed by atoms with Gasteiger partial charge in [0, 0.05) is 11.3 Å². The van der Waals surface area contributed by atoms with E-state index in [0.29, 0.717) is 18.4 Å². The van der Waals surface area contributed by atoms with Crippen LogP contribution in [0.4, 0.5) is 0 Å². The summed E-state index contributed by atoms with van der Waals surface area (Å²) in [5.41, 5.74) is -1.48. The lowest BCUT2D eigenvalue weighted by Gasteiger charge is -2.74. The van der Waals surface area contributed by atoms with Crippen molar-refractivity contribution >= 4 is 5.78 Å². The van der Waals surface area contributed by atoms with Gasteiger partial charge in [0.25, 0.3) is 0 Å². The van der Waals surface area contributed by atoms with Crippen LogP contribution in [0, 0.1) is 34.0 Å². The van der Waals surface area contributed by atoms with E-state index in [1.165, 1.54) is 0 Å². The average Bonchev–Trinajstić information content (AvgIpc) is 2.75. The maximum absolute atomic E-state index is 13.3. The molecule has 2 saturated heterocycles. The number of ether oxygens (including phenoxy) is 1. The predicted molar refractivity (Wildman–Crippen MR) is 89.3 cm³/mol. The molecule has 138 valence electrons. The first-order valence-electron chi connectivity index (χ1n) is 9.59. The molecule has 0 amide bonds. The highest BCUT2D eigenvalue weighted by Gasteiger charge is 2.84. The SMILES string of the molecule is C=C1C(=O)[C@]23C[C@H]1CC[C@H]2C12CO[C@@]3(O)[C@@H](O)[C@@H]1C(C)(C)CC[C@H]2O. The number of hydrogen-bond acceptors (Lipinski definition) is 5. The summed E-state index contributed by atoms with van der Waals surface area (Å²) in [7, 11) is 0. The standard InChI is InChI=1S/C20H28O5/c1-10-11-4-5-12-18-9-25-20(24,19(12,8-11)15(10)22)16(23)14(18)17(2,3)7-6-13(18)21/h11-14,16,21,23-24H,1,4-9H2,2-3H3/t11-,12+,13-,14-,16+,18?,19+,20+/m1/s1. The molecule has 4 bridgehead atoms. The highest BCUT2D eigenvalue weighted by Crippen LogP contribution is 2.76. The van der Waals surface area contributed by atoms with Crippen LogP contribution in [0.1, 0.15) is 46.0 Å². The monoisotopic (exact) mass is 348 g/mol. The second-order valence-electron chi connectivity index (χ2n) is 9.92. The Kier molecular flexibility index (Phi) is 2.88. The van der Waals surface area contributed by atoms with Gasteiger partial charge in [0.15, 0.2) is 5.78 Å². The number of rotatable bonds is 0. The molecule has 2 heterocycles. The first-order chi connectivity index (χ1) is 11.6. The van der Waals surface area contributed by atoms with Gasteiger partial charge < -0.3 is 20.1 Å². The van der Waals surface area contributed by atoms with E-state index in [0.717, 1.165) is 19.3 Å². The fourth-order valence-electron chi connectivity index (χ4n) is 7.82. The van der Waals surface area contributed by atoms with Crippen molar-refractivity contribution < 1.29 is 24.9 Å². The number of allylic oxidation sites excluding steroid dienone is 1. The van der Waals surface area contributed by atoms with Crippen LogP contribution in [0.15, 0.2) is 12.2 Å². The Morgan fingerprint density at radius 1 is 1.20 bits per heavy atom. The third-order valence-corrected chi connectivity index (χ3v) is 8.81. The second kappa shape index (κ2) is 4.38. The van der Waals surface area contributed by atoms with Crippen molar-refractivity contribution in [3.05, 3.63) is 12.2 Å². The molecular weight excluding hydrogens is 320 g/mol. The molecule has 4 saturated carbocycles. The minimum Gasteiger partial charge on any atom is -0.392 e. The molecule has 2 spiro atoms. The van der Waals surface area contributed by atoms with E-state index < -0.39 is 28.8 Å². The summed E-state index contributed by atoms with van der Waals surface area (Å²) in [4.78, 5) is 13.3. The summed E-state index contributed by atoms with van der Waals surface area (Å²) in [5.74, 6) is -2.39. The molecule has 6 aliphatic rings. The number of aliphatic hydroxyl groups is 3. The summed E-state index contributed by atoms with van der Waals surface area (Å²) < 4.78 is 5.89. The van der Waals surface area contributed by atoms with Gasteiger partial charge in [-0.25, -0.2) is 0 Å². The quantitative estimate of drug-likeness (QED) is 0.576. The molecule has 0 aromatic heterocycles. The van der Waals surface area contributed by atoms with Crippen LogP contribution in [0.25, 0.3) is 0 Å². The number of aliphatic hydroxyl groups excluding tert-OH is 2. The molecule has 25 heavy (non-hydrogen) atoms. The number of fused-ring (bicyclic) bond motifs is 2. The van der Waals surface area contributed by atoms with Gasteiger partial charge in [0.2, 0.25) is 5.79 Å². The molecule has 3 N–H and O–H groups in total. The van der Waals surface area contributed by atoms with Gasteiger partial charge in [-0.1, -0.05) is 20.4 Å². The van der Waals surface area contributed by atoms with Crippen molar-refractivity contribution in [3.63, 3.8) is 0 Å². The number of Topliss-reactive ketones (excluding diaryl/α,β-unsaturated/α-hetero) is 1. The summed E-state index contributed by atoms with van der Waals surface area (Å²) >= 11 is 0. The lowest BCUT2D eigenvalue weighted by atomic mass is 9.36. The van der Waals surface area contributed by atoms with Gasteiger partial charge in [-0.2, -0.15) is 0 Å². The van der Waals surface area contributed by atoms with E-state index in [1.54, 1.807) is 0 Å². The highest BCUT2D eigenvalue weighted by molar-refractivity contribution is 6.04. The van der Waals surface area contributed by atoms with Gasteiger partial charge in [-0.15, -0.1) is 0 Å². The summed E-state index contributed by atoms with van der Waals surface area (Å²) in [6.45, 7) is 8.41. The highest BCUT2D eigenvalue weighted by atomic mass is 16.6. The largest absolute Gasteiger partial charge is 0.392 e.